The lowest BCUT2D eigenvalue weighted by atomic mass is 10.1. The molecule has 0 atom stereocenters. The monoisotopic (exact) mass is 381 g/mol. The third kappa shape index (κ3) is 6.94. The number of nitrogens with zero attached hydrogens (tertiary/aromatic N) is 1. The van der Waals surface area contributed by atoms with Crippen molar-refractivity contribution in [1.82, 2.24) is 10.6 Å². The number of aliphatic hydroxyl groups is 1. The Hall–Kier alpha value is -3.14. The van der Waals surface area contributed by atoms with E-state index in [9.17, 15) is 24.8 Å². The highest BCUT2D eigenvalue weighted by Crippen LogP contribution is 2.34. The van der Waals surface area contributed by atoms with E-state index in [1.54, 1.807) is 6.92 Å². The van der Waals surface area contributed by atoms with E-state index in [1.165, 1.54) is 19.2 Å². The van der Waals surface area contributed by atoms with Crippen molar-refractivity contribution in [3.05, 3.63) is 40.0 Å². The van der Waals surface area contributed by atoms with Gasteiger partial charge in [0.25, 0.3) is 5.69 Å². The number of hydrogen-bond acceptors (Lipinski definition) is 7. The number of aliphatic hydroxyl groups excluding tert-OH is 1. The summed E-state index contributed by atoms with van der Waals surface area (Å²) in [5, 5.41) is 25.3. The fourth-order valence-corrected chi connectivity index (χ4v) is 2.04. The number of benzene rings is 1. The van der Waals surface area contributed by atoms with Crippen LogP contribution < -0.4 is 20.1 Å². The van der Waals surface area contributed by atoms with Gasteiger partial charge in [0.1, 0.15) is 0 Å². The smallest absolute Gasteiger partial charge is 0.278 e. The first-order chi connectivity index (χ1) is 12.8. The molecule has 3 N–H and O–H groups in total. The van der Waals surface area contributed by atoms with Crippen LogP contribution >= 0.6 is 0 Å². The van der Waals surface area contributed by atoms with Crippen molar-refractivity contribution in [2.75, 3.05) is 20.4 Å². The third-order valence-electron chi connectivity index (χ3n) is 3.46. The van der Waals surface area contributed by atoms with Crippen LogP contribution in [-0.2, 0) is 16.2 Å². The van der Waals surface area contributed by atoms with Crippen LogP contribution in [0.15, 0.2) is 24.3 Å². The van der Waals surface area contributed by atoms with Gasteiger partial charge in [-0.3, -0.25) is 19.7 Å². The average molecular weight is 381 g/mol. The van der Waals surface area contributed by atoms with Crippen LogP contribution in [0, 0.1) is 10.1 Å². The molecule has 1 aromatic rings. The van der Waals surface area contributed by atoms with E-state index in [1.807, 2.05) is 0 Å². The Labute approximate surface area is 156 Å². The zero-order chi connectivity index (χ0) is 20.4. The van der Waals surface area contributed by atoms with Crippen molar-refractivity contribution in [3.8, 4) is 11.5 Å². The molecule has 0 aliphatic rings. The Kier molecular flexibility index (Phi) is 8.73. The summed E-state index contributed by atoms with van der Waals surface area (Å²) in [5.74, 6) is -0.236. The lowest BCUT2D eigenvalue weighted by Gasteiger charge is -2.12. The van der Waals surface area contributed by atoms with Crippen molar-refractivity contribution in [2.45, 2.75) is 26.4 Å². The van der Waals surface area contributed by atoms with Gasteiger partial charge < -0.3 is 25.2 Å². The highest BCUT2D eigenvalue weighted by atomic mass is 16.6. The first kappa shape index (κ1) is 21.9. The summed E-state index contributed by atoms with van der Waals surface area (Å²) in [4.78, 5) is 33.4. The summed E-state index contributed by atoms with van der Waals surface area (Å²) >= 11 is 0. The second-order valence-electron chi connectivity index (χ2n) is 5.56. The van der Waals surface area contributed by atoms with Gasteiger partial charge in [0.15, 0.2) is 11.5 Å². The Morgan fingerprint density at radius 3 is 2.56 bits per heavy atom. The second kappa shape index (κ2) is 10.8. The number of carbonyl (C=O) groups excluding carboxylic acids is 2. The Morgan fingerprint density at radius 2 is 2.00 bits per heavy atom. The molecule has 0 unspecified atom stereocenters. The minimum atomic E-state index is -0.620. The summed E-state index contributed by atoms with van der Waals surface area (Å²) < 4.78 is 10.6. The standard InChI is InChI=1S/C17H23N3O7/c1-11(2)17(23)19-10-18-16(22)5-4-6-27-15-8-13(20(24)25)12(9-21)7-14(15)26-3/h7-8,21H,1,4-6,9-10H2,2-3H3,(H,18,22)(H,19,23). The van der Waals surface area contributed by atoms with Crippen molar-refractivity contribution in [1.29, 1.82) is 0 Å². The van der Waals surface area contributed by atoms with E-state index in [2.05, 4.69) is 17.2 Å². The van der Waals surface area contributed by atoms with Gasteiger partial charge in [-0.15, -0.1) is 0 Å². The first-order valence-corrected chi connectivity index (χ1v) is 8.09. The van der Waals surface area contributed by atoms with E-state index in [4.69, 9.17) is 9.47 Å². The minimum Gasteiger partial charge on any atom is -0.493 e. The van der Waals surface area contributed by atoms with Gasteiger partial charge in [-0.2, -0.15) is 0 Å². The molecule has 1 rings (SSSR count). The van der Waals surface area contributed by atoms with Crippen LogP contribution in [0.4, 0.5) is 5.69 Å². The molecule has 27 heavy (non-hydrogen) atoms. The minimum absolute atomic E-state index is 0.00593. The van der Waals surface area contributed by atoms with Crippen LogP contribution in [0.1, 0.15) is 25.3 Å². The maximum atomic E-state index is 11.7. The molecule has 0 aromatic heterocycles. The summed E-state index contributed by atoms with van der Waals surface area (Å²) in [6, 6.07) is 2.52. The number of amides is 2. The highest BCUT2D eigenvalue weighted by molar-refractivity contribution is 5.92. The number of rotatable bonds is 11. The number of ether oxygens (including phenoxy) is 2. The predicted octanol–water partition coefficient (Wildman–Crippen LogP) is 1.02. The van der Waals surface area contributed by atoms with Gasteiger partial charge in [0.05, 0.1) is 43.5 Å². The summed E-state index contributed by atoms with van der Waals surface area (Å²) in [7, 11) is 1.38. The summed E-state index contributed by atoms with van der Waals surface area (Å²) in [6.45, 7) is 4.64. The molecule has 0 heterocycles. The molecule has 0 fully saturated rings. The fourth-order valence-electron chi connectivity index (χ4n) is 2.04. The topological polar surface area (TPSA) is 140 Å². The molecular formula is C17H23N3O7. The first-order valence-electron chi connectivity index (χ1n) is 8.09. The zero-order valence-electron chi connectivity index (χ0n) is 15.2. The van der Waals surface area contributed by atoms with Crippen molar-refractivity contribution in [3.63, 3.8) is 0 Å². The lowest BCUT2D eigenvalue weighted by Crippen LogP contribution is -2.37. The molecule has 1 aromatic carbocycles. The number of nitrogens with one attached hydrogen (secondary N) is 2. The molecule has 0 saturated heterocycles. The normalized spacial score (nSPS) is 10.0. The van der Waals surface area contributed by atoms with Gasteiger partial charge in [-0.25, -0.2) is 0 Å². The second-order valence-corrected chi connectivity index (χ2v) is 5.56. The molecule has 10 nitrogen and oxygen atoms in total. The molecular weight excluding hydrogens is 358 g/mol. The number of nitro groups is 1. The number of hydrogen-bond donors (Lipinski definition) is 3. The highest BCUT2D eigenvalue weighted by Gasteiger charge is 2.19. The van der Waals surface area contributed by atoms with Crippen LogP contribution in [0.5, 0.6) is 11.5 Å². The quantitative estimate of drug-likeness (QED) is 0.171. The maximum absolute atomic E-state index is 11.7. The summed E-state index contributed by atoms with van der Waals surface area (Å²) in [5.41, 5.74) is 0.174. The van der Waals surface area contributed by atoms with E-state index in [0.29, 0.717) is 12.0 Å². The van der Waals surface area contributed by atoms with E-state index >= 15 is 0 Å². The molecule has 148 valence electrons. The van der Waals surface area contributed by atoms with Crippen LogP contribution in [0.3, 0.4) is 0 Å². The molecule has 10 heteroatoms. The van der Waals surface area contributed by atoms with E-state index < -0.39 is 11.5 Å². The molecule has 2 amide bonds. The van der Waals surface area contributed by atoms with Gasteiger partial charge in [-0.1, -0.05) is 6.58 Å². The predicted molar refractivity (Wildman–Crippen MR) is 96.3 cm³/mol. The Balaban J connectivity index is 2.50. The van der Waals surface area contributed by atoms with Gasteiger partial charge in [0, 0.05) is 12.0 Å². The maximum Gasteiger partial charge on any atom is 0.278 e. The van der Waals surface area contributed by atoms with Gasteiger partial charge in [-0.05, 0) is 19.4 Å². The molecule has 0 radical (unpaired) electrons. The SMILES string of the molecule is C=C(C)C(=O)NCNC(=O)CCCOc1cc([N+](=O)[O-])c(CO)cc1OC. The number of nitro benzene ring substituents is 1. The van der Waals surface area contributed by atoms with Crippen molar-refractivity contribution in [2.24, 2.45) is 0 Å². The van der Waals surface area contributed by atoms with Crippen LogP contribution in [0.2, 0.25) is 0 Å². The summed E-state index contributed by atoms with van der Waals surface area (Å²) in [6.07, 6.45) is 0.487. The van der Waals surface area contributed by atoms with Crippen molar-refractivity contribution < 1.29 is 29.1 Å². The number of methoxy groups -OCH3 is 1. The fraction of sp³-hybridized carbons (Fsp3) is 0.412. The van der Waals surface area contributed by atoms with Gasteiger partial charge >= 0.3 is 0 Å². The molecule has 0 aliphatic carbocycles. The molecule has 0 spiro atoms. The Morgan fingerprint density at radius 1 is 1.30 bits per heavy atom. The molecule has 0 saturated carbocycles. The van der Waals surface area contributed by atoms with Crippen LogP contribution in [-0.4, -0.2) is 42.2 Å². The van der Waals surface area contributed by atoms with Crippen molar-refractivity contribution >= 4 is 17.5 Å². The lowest BCUT2D eigenvalue weighted by molar-refractivity contribution is -0.385. The van der Waals surface area contributed by atoms with Gasteiger partial charge in [0.2, 0.25) is 11.8 Å². The zero-order valence-corrected chi connectivity index (χ0v) is 15.2. The molecule has 0 aliphatic heterocycles. The average Bonchev–Trinajstić information content (AvgIpc) is 2.64. The molecule has 0 bridgehead atoms. The van der Waals surface area contributed by atoms with E-state index in [0.717, 1.165) is 0 Å². The van der Waals surface area contributed by atoms with E-state index in [-0.39, 0.29) is 54.3 Å². The number of carbonyl (C=O) groups is 2. The van der Waals surface area contributed by atoms with Crippen LogP contribution in [0.25, 0.3) is 0 Å². The Bertz CT molecular complexity index is 719. The largest absolute Gasteiger partial charge is 0.493 e. The third-order valence-corrected chi connectivity index (χ3v) is 3.46.